The minimum atomic E-state index is 0.301. The number of rotatable bonds is 4. The maximum atomic E-state index is 2.43. The van der Waals surface area contributed by atoms with Gasteiger partial charge in [0.25, 0.3) is 0 Å². The van der Waals surface area contributed by atoms with Gasteiger partial charge in [0, 0.05) is 0 Å². The number of nitrogens with zero attached hydrogens (tertiary/aromatic N) is 1. The number of hydrogen-bond donors (Lipinski definition) is 0. The Morgan fingerprint density at radius 2 is 0.863 bits per heavy atom. The third-order valence-corrected chi connectivity index (χ3v) is 14.0. The van der Waals surface area contributed by atoms with Crippen LogP contribution in [0.25, 0.3) is 100 Å². The Morgan fingerprint density at radius 3 is 1.61 bits per heavy atom. The van der Waals surface area contributed by atoms with E-state index in [4.69, 9.17) is 0 Å². The first-order valence-electron chi connectivity index (χ1n) is 17.3. The fourth-order valence-corrected chi connectivity index (χ4v) is 11.3. The van der Waals surface area contributed by atoms with E-state index in [-0.39, 0.29) is 0 Å². The third kappa shape index (κ3) is 4.67. The molecule has 0 bridgehead atoms. The Kier molecular flexibility index (Phi) is 6.51. The molecule has 3 heteroatoms. The van der Waals surface area contributed by atoms with Crippen LogP contribution in [0.4, 0.5) is 0 Å². The van der Waals surface area contributed by atoms with Crippen LogP contribution in [-0.4, -0.2) is 19.1 Å². The molecule has 0 saturated carbocycles. The second-order valence-electron chi connectivity index (χ2n) is 13.3. The van der Waals surface area contributed by atoms with Gasteiger partial charge < -0.3 is 0 Å². The number of benzene rings is 8. The van der Waals surface area contributed by atoms with E-state index in [0.717, 1.165) is 0 Å². The number of para-hydroxylation sites is 2. The van der Waals surface area contributed by atoms with Crippen LogP contribution in [0.15, 0.2) is 176 Å². The fraction of sp³-hybridized carbons (Fsp3) is 0. The molecule has 0 unspecified atom stereocenters. The van der Waals surface area contributed by atoms with Crippen LogP contribution in [0, 0.1) is 0 Å². The molecule has 0 N–H and O–H groups in total. The first kappa shape index (κ1) is 29.1. The Labute approximate surface area is 305 Å². The van der Waals surface area contributed by atoms with Crippen molar-refractivity contribution in [2.24, 2.45) is 0 Å². The van der Waals surface area contributed by atoms with E-state index in [1.165, 1.54) is 100 Å². The van der Waals surface area contributed by atoms with Crippen molar-refractivity contribution < 1.29 is 0 Å². The van der Waals surface area contributed by atoms with E-state index in [0.29, 0.717) is 14.5 Å². The standard InChI is InChI=1S/C48H29NSSe/c1-2-11-36(12-3-1)49-43-15-6-4-13-37(43)39-26-32(17-21-44(39)49)35-20-24-48-42(29-35)41-28-34(19-23-47(41)51-48)31-10-8-9-30(25-31)33-18-22-46-40(27-33)38-14-5-7-16-45(38)50-46/h1-29H. The molecule has 3 heterocycles. The molecule has 0 fully saturated rings. The van der Waals surface area contributed by atoms with Crippen molar-refractivity contribution in [3.05, 3.63) is 176 Å². The number of hydrogen-bond acceptors (Lipinski definition) is 1. The van der Waals surface area contributed by atoms with Crippen LogP contribution in [0.2, 0.25) is 0 Å². The average Bonchev–Trinajstić information content (AvgIpc) is 3.86. The van der Waals surface area contributed by atoms with Crippen LogP contribution in [0.5, 0.6) is 0 Å². The van der Waals surface area contributed by atoms with Gasteiger partial charge in [-0.05, 0) is 6.07 Å². The molecule has 11 aromatic rings. The molecule has 0 atom stereocenters. The molecule has 3 aromatic heterocycles. The molecule has 0 saturated heterocycles. The van der Waals surface area contributed by atoms with Gasteiger partial charge >= 0.3 is 282 Å². The van der Waals surface area contributed by atoms with E-state index in [1.807, 2.05) is 11.3 Å². The van der Waals surface area contributed by atoms with Crippen LogP contribution >= 0.6 is 11.3 Å². The zero-order valence-corrected chi connectivity index (χ0v) is 30.0. The van der Waals surface area contributed by atoms with Crippen LogP contribution < -0.4 is 0 Å². The van der Waals surface area contributed by atoms with Gasteiger partial charge in [0.2, 0.25) is 0 Å². The molecule has 1 nitrogen and oxygen atoms in total. The van der Waals surface area contributed by atoms with Crippen molar-refractivity contribution >= 4 is 87.1 Å². The molecular formula is C48H29NSSe. The Hall–Kier alpha value is -5.70. The minimum absolute atomic E-state index is 0.301. The van der Waals surface area contributed by atoms with Gasteiger partial charge in [-0.2, -0.15) is 0 Å². The van der Waals surface area contributed by atoms with Crippen molar-refractivity contribution in [2.75, 3.05) is 0 Å². The number of thiophene rings is 1. The van der Waals surface area contributed by atoms with Crippen molar-refractivity contribution in [1.82, 2.24) is 4.57 Å². The quantitative estimate of drug-likeness (QED) is 0.159. The van der Waals surface area contributed by atoms with Gasteiger partial charge in [0.1, 0.15) is 0 Å². The summed E-state index contributed by atoms with van der Waals surface area (Å²) in [4.78, 5) is 0. The van der Waals surface area contributed by atoms with Gasteiger partial charge in [-0.15, -0.1) is 0 Å². The molecule has 0 aliphatic rings. The molecule has 11 rings (SSSR count). The molecule has 0 aliphatic heterocycles. The summed E-state index contributed by atoms with van der Waals surface area (Å²) in [7, 11) is 0. The second-order valence-corrected chi connectivity index (χ2v) is 16.7. The zero-order valence-electron chi connectivity index (χ0n) is 27.5. The summed E-state index contributed by atoms with van der Waals surface area (Å²) in [5.74, 6) is 0. The Morgan fingerprint density at radius 1 is 0.333 bits per heavy atom. The Bertz CT molecular complexity index is 3140. The molecule has 0 radical (unpaired) electrons. The predicted octanol–water partition coefficient (Wildman–Crippen LogP) is 13.5. The normalized spacial score (nSPS) is 11.9. The molecule has 51 heavy (non-hydrogen) atoms. The van der Waals surface area contributed by atoms with Gasteiger partial charge in [-0.3, -0.25) is 0 Å². The van der Waals surface area contributed by atoms with Crippen molar-refractivity contribution in [3.8, 4) is 39.1 Å². The van der Waals surface area contributed by atoms with E-state index in [1.54, 1.807) is 0 Å². The molecule has 8 aromatic carbocycles. The first-order chi connectivity index (χ1) is 25.2. The summed E-state index contributed by atoms with van der Waals surface area (Å²) < 4.78 is 8.00. The average molecular weight is 731 g/mol. The molecule has 238 valence electrons. The zero-order chi connectivity index (χ0) is 33.5. The van der Waals surface area contributed by atoms with Gasteiger partial charge in [0.15, 0.2) is 0 Å². The van der Waals surface area contributed by atoms with E-state index in [9.17, 15) is 0 Å². The summed E-state index contributed by atoms with van der Waals surface area (Å²) >= 11 is 2.17. The van der Waals surface area contributed by atoms with Crippen LogP contribution in [0.3, 0.4) is 0 Å². The number of aromatic nitrogens is 1. The summed E-state index contributed by atoms with van der Waals surface area (Å²) in [6.45, 7) is 0. The number of fused-ring (bicyclic) bond motifs is 9. The SMILES string of the molecule is c1ccc(-n2c3ccccc3c3cc(-c4ccc5[se]c6ccc(-c7cccc(-c8ccc9sc%10ccccc%10c9c8)c7)cc6c5c4)ccc32)cc1. The summed E-state index contributed by atoms with van der Waals surface area (Å²) in [6.07, 6.45) is 0. The fourth-order valence-electron chi connectivity index (χ4n) is 7.93. The first-order valence-corrected chi connectivity index (χ1v) is 19.9. The molecule has 0 amide bonds. The van der Waals surface area contributed by atoms with Gasteiger partial charge in [-0.25, -0.2) is 0 Å². The van der Waals surface area contributed by atoms with Crippen LogP contribution in [-0.2, 0) is 0 Å². The van der Waals surface area contributed by atoms with E-state index in [2.05, 4.69) is 180 Å². The topological polar surface area (TPSA) is 4.93 Å². The second kappa shape index (κ2) is 11.4. The molecule has 0 spiro atoms. The van der Waals surface area contributed by atoms with Crippen LogP contribution in [0.1, 0.15) is 0 Å². The monoisotopic (exact) mass is 731 g/mol. The maximum absolute atomic E-state index is 2.43. The summed E-state index contributed by atoms with van der Waals surface area (Å²) in [6, 6.07) is 65.4. The van der Waals surface area contributed by atoms with Crippen molar-refractivity contribution in [3.63, 3.8) is 0 Å². The Balaban J connectivity index is 1.00. The molecular weight excluding hydrogens is 702 g/mol. The predicted molar refractivity (Wildman–Crippen MR) is 222 cm³/mol. The van der Waals surface area contributed by atoms with Gasteiger partial charge in [-0.1, -0.05) is 18.2 Å². The van der Waals surface area contributed by atoms with E-state index < -0.39 is 0 Å². The van der Waals surface area contributed by atoms with Crippen molar-refractivity contribution in [2.45, 2.75) is 0 Å². The molecule has 0 aliphatic carbocycles. The third-order valence-electron chi connectivity index (χ3n) is 10.4. The summed E-state index contributed by atoms with van der Waals surface area (Å²) in [5, 5.41) is 8.00. The van der Waals surface area contributed by atoms with Crippen molar-refractivity contribution in [1.29, 1.82) is 0 Å². The summed E-state index contributed by atoms with van der Waals surface area (Å²) in [5.41, 5.74) is 11.2. The van der Waals surface area contributed by atoms with Gasteiger partial charge in [0.05, 0.1) is 0 Å². The van der Waals surface area contributed by atoms with E-state index >= 15 is 0 Å².